The third kappa shape index (κ3) is 5.75. The van der Waals surface area contributed by atoms with Crippen LogP contribution in [0, 0.1) is 0 Å². The zero-order chi connectivity index (χ0) is 17.7. The Morgan fingerprint density at radius 1 is 1.26 bits per heavy atom. The number of carboxylic acids is 1. The van der Waals surface area contributed by atoms with Crippen molar-refractivity contribution in [1.29, 1.82) is 0 Å². The number of hydrogen-bond donors (Lipinski definition) is 1. The molecule has 5 heteroatoms. The molecule has 0 fully saturated rings. The number of rotatable bonds is 7. The topological polar surface area (TPSA) is 55.8 Å². The van der Waals surface area contributed by atoms with Crippen molar-refractivity contribution in [3.8, 4) is 11.5 Å². The van der Waals surface area contributed by atoms with Gasteiger partial charge in [-0.05, 0) is 42.2 Å². The van der Waals surface area contributed by atoms with E-state index in [0.29, 0.717) is 12.2 Å². The minimum absolute atomic E-state index is 0.118. The monoisotopic (exact) mass is 336 g/mol. The molecule has 1 aromatic rings. The van der Waals surface area contributed by atoms with Crippen LogP contribution in [-0.4, -0.2) is 26.5 Å². The Morgan fingerprint density at radius 2 is 1.91 bits per heavy atom. The smallest absolute Gasteiger partial charge is 0.303 e. The molecule has 0 bridgehead atoms. The van der Waals surface area contributed by atoms with E-state index in [0.717, 1.165) is 11.3 Å². The van der Waals surface area contributed by atoms with Gasteiger partial charge in [0.1, 0.15) is 5.75 Å². The lowest BCUT2D eigenvalue weighted by molar-refractivity contribution is -0.136. The number of allylic oxidation sites excluding steroid dienone is 1. The van der Waals surface area contributed by atoms with Gasteiger partial charge >= 0.3 is 5.97 Å². The molecule has 23 heavy (non-hydrogen) atoms. The summed E-state index contributed by atoms with van der Waals surface area (Å²) in [5.74, 6) is 0.683. The zero-order valence-corrected chi connectivity index (χ0v) is 16.0. The van der Waals surface area contributed by atoms with Crippen LogP contribution in [0.1, 0.15) is 39.2 Å². The van der Waals surface area contributed by atoms with Crippen molar-refractivity contribution in [1.82, 2.24) is 0 Å². The Labute approximate surface area is 140 Å². The van der Waals surface area contributed by atoms with Crippen LogP contribution in [0.4, 0.5) is 0 Å². The first-order valence-corrected chi connectivity index (χ1v) is 10.7. The quantitative estimate of drug-likeness (QED) is 0.715. The van der Waals surface area contributed by atoms with Gasteiger partial charge in [-0.3, -0.25) is 4.79 Å². The second-order valence-electron chi connectivity index (χ2n) is 7.11. The fourth-order valence-electron chi connectivity index (χ4n) is 1.73. The van der Waals surface area contributed by atoms with Crippen molar-refractivity contribution >= 4 is 20.4 Å². The molecule has 128 valence electrons. The van der Waals surface area contributed by atoms with E-state index in [1.54, 1.807) is 7.11 Å². The average Bonchev–Trinajstić information content (AvgIpc) is 2.43. The van der Waals surface area contributed by atoms with Gasteiger partial charge in [-0.15, -0.1) is 0 Å². The van der Waals surface area contributed by atoms with E-state index < -0.39 is 14.3 Å². The number of methoxy groups -OCH3 is 1. The molecule has 1 N–H and O–H groups in total. The van der Waals surface area contributed by atoms with Crippen LogP contribution in [0.25, 0.3) is 6.08 Å². The lowest BCUT2D eigenvalue weighted by Gasteiger charge is -2.36. The number of carboxylic acid groups (broad SMARTS) is 1. The van der Waals surface area contributed by atoms with Gasteiger partial charge in [-0.2, -0.15) is 0 Å². The average molecular weight is 337 g/mol. The van der Waals surface area contributed by atoms with Crippen LogP contribution in [0.2, 0.25) is 18.1 Å². The molecule has 1 rings (SSSR count). The molecule has 4 nitrogen and oxygen atoms in total. The third-order valence-corrected chi connectivity index (χ3v) is 8.54. The Hall–Kier alpha value is -1.75. The SMILES string of the molecule is COc1cc(C=CCCC(=O)O)ccc1O[Si](C)(C)C(C)(C)C. The van der Waals surface area contributed by atoms with Crippen LogP contribution in [0.5, 0.6) is 11.5 Å². The highest BCUT2D eigenvalue weighted by Crippen LogP contribution is 2.40. The summed E-state index contributed by atoms with van der Waals surface area (Å²) in [6.07, 6.45) is 4.42. The highest BCUT2D eigenvalue weighted by Gasteiger charge is 2.39. The Bertz CT molecular complexity index is 571. The van der Waals surface area contributed by atoms with Crippen LogP contribution in [0.3, 0.4) is 0 Å². The predicted molar refractivity (Wildman–Crippen MR) is 96.7 cm³/mol. The maximum Gasteiger partial charge on any atom is 0.303 e. The van der Waals surface area contributed by atoms with Crippen molar-refractivity contribution in [3.63, 3.8) is 0 Å². The van der Waals surface area contributed by atoms with Gasteiger partial charge in [0, 0.05) is 6.42 Å². The van der Waals surface area contributed by atoms with Crippen LogP contribution in [-0.2, 0) is 4.79 Å². The molecule has 0 aliphatic heterocycles. The zero-order valence-electron chi connectivity index (χ0n) is 15.0. The van der Waals surface area contributed by atoms with Crippen LogP contribution >= 0.6 is 0 Å². The molecule has 0 atom stereocenters. The highest BCUT2D eigenvalue weighted by atomic mass is 28.4. The highest BCUT2D eigenvalue weighted by molar-refractivity contribution is 6.74. The Balaban J connectivity index is 2.91. The van der Waals surface area contributed by atoms with E-state index in [4.69, 9.17) is 14.3 Å². The number of hydrogen-bond acceptors (Lipinski definition) is 3. The third-order valence-electron chi connectivity index (χ3n) is 4.19. The predicted octanol–water partition coefficient (Wildman–Crippen LogP) is 4.96. The molecular formula is C18H28O4Si. The van der Waals surface area contributed by atoms with Crippen molar-refractivity contribution in [2.24, 2.45) is 0 Å². The summed E-state index contributed by atoms with van der Waals surface area (Å²) in [5.41, 5.74) is 0.967. The van der Waals surface area contributed by atoms with Crippen LogP contribution < -0.4 is 9.16 Å². The molecule has 0 spiro atoms. The molecule has 0 aliphatic carbocycles. The van der Waals surface area contributed by atoms with Crippen molar-refractivity contribution in [2.75, 3.05) is 7.11 Å². The molecule has 0 amide bonds. The van der Waals surface area contributed by atoms with E-state index in [9.17, 15) is 4.79 Å². The molecule has 0 saturated heterocycles. The van der Waals surface area contributed by atoms with Crippen molar-refractivity contribution < 1.29 is 19.1 Å². The van der Waals surface area contributed by atoms with Gasteiger partial charge in [0.2, 0.25) is 0 Å². The van der Waals surface area contributed by atoms with E-state index in [-0.39, 0.29) is 11.5 Å². The molecule has 0 radical (unpaired) electrons. The number of benzene rings is 1. The Morgan fingerprint density at radius 3 is 2.43 bits per heavy atom. The van der Waals surface area contributed by atoms with E-state index >= 15 is 0 Å². The summed E-state index contributed by atoms with van der Waals surface area (Å²) < 4.78 is 11.8. The molecule has 0 aliphatic rings. The summed E-state index contributed by atoms with van der Waals surface area (Å²) in [4.78, 5) is 10.5. The van der Waals surface area contributed by atoms with Gasteiger partial charge in [0.15, 0.2) is 5.75 Å². The van der Waals surface area contributed by atoms with Gasteiger partial charge in [-0.1, -0.05) is 39.0 Å². The lowest BCUT2D eigenvalue weighted by Crippen LogP contribution is -2.43. The first-order valence-electron chi connectivity index (χ1n) is 7.82. The summed E-state index contributed by atoms with van der Waals surface area (Å²) in [6, 6.07) is 5.80. The summed E-state index contributed by atoms with van der Waals surface area (Å²) in [6.45, 7) is 11.0. The minimum atomic E-state index is -1.92. The second-order valence-corrected chi connectivity index (χ2v) is 11.8. The summed E-state index contributed by atoms with van der Waals surface area (Å²) in [5, 5.41) is 8.75. The standard InChI is InChI=1S/C18H28O4Si/c1-18(2,3)23(5,6)22-15-12-11-14(13-16(15)21-4)9-7-8-10-17(19)20/h7,9,11-13H,8,10H2,1-6H3,(H,19,20). The molecule has 0 heterocycles. The number of aliphatic carboxylic acids is 1. The van der Waals surface area contributed by atoms with E-state index in [1.165, 1.54) is 0 Å². The molecule has 0 aromatic heterocycles. The maximum atomic E-state index is 10.5. The fourth-order valence-corrected chi connectivity index (χ4v) is 2.75. The molecular weight excluding hydrogens is 308 g/mol. The normalized spacial score (nSPS) is 12.4. The molecule has 0 unspecified atom stereocenters. The van der Waals surface area contributed by atoms with Crippen molar-refractivity contribution in [2.45, 2.75) is 51.7 Å². The van der Waals surface area contributed by atoms with E-state index in [2.05, 4.69) is 33.9 Å². The van der Waals surface area contributed by atoms with Gasteiger partial charge in [0.05, 0.1) is 7.11 Å². The van der Waals surface area contributed by atoms with E-state index in [1.807, 2.05) is 30.4 Å². The molecule has 0 saturated carbocycles. The number of carbonyl (C=O) groups is 1. The summed E-state index contributed by atoms with van der Waals surface area (Å²) in [7, 11) is -0.287. The largest absolute Gasteiger partial charge is 0.541 e. The Kier molecular flexibility index (Phi) is 6.44. The summed E-state index contributed by atoms with van der Waals surface area (Å²) >= 11 is 0. The molecule has 1 aromatic carbocycles. The fraction of sp³-hybridized carbons (Fsp3) is 0.500. The minimum Gasteiger partial charge on any atom is -0.541 e. The first-order chi connectivity index (χ1) is 10.6. The number of ether oxygens (including phenoxy) is 1. The van der Waals surface area contributed by atoms with Crippen LogP contribution in [0.15, 0.2) is 24.3 Å². The van der Waals surface area contributed by atoms with Gasteiger partial charge in [0.25, 0.3) is 8.32 Å². The van der Waals surface area contributed by atoms with Gasteiger partial charge < -0.3 is 14.3 Å². The van der Waals surface area contributed by atoms with Gasteiger partial charge in [-0.25, -0.2) is 0 Å². The second kappa shape index (κ2) is 7.68. The lowest BCUT2D eigenvalue weighted by atomic mass is 10.1. The first kappa shape index (κ1) is 19.3. The maximum absolute atomic E-state index is 10.5. The van der Waals surface area contributed by atoms with Crippen molar-refractivity contribution in [3.05, 3.63) is 29.8 Å².